The topological polar surface area (TPSA) is 90.4 Å². The molecule has 1 atom stereocenters. The van der Waals surface area contributed by atoms with Crippen LogP contribution in [0.25, 0.3) is 0 Å². The minimum Gasteiger partial charge on any atom is -0.388 e. The Bertz CT molecular complexity index is 1130. The number of nitrogens with one attached hydrogen (secondary N) is 2. The lowest BCUT2D eigenvalue weighted by Gasteiger charge is -2.27. The molecule has 11 heteroatoms. The summed E-state index contributed by atoms with van der Waals surface area (Å²) in [7, 11) is 0. The maximum Gasteiger partial charge on any atom is 0.332 e. The Morgan fingerprint density at radius 3 is 2.30 bits per heavy atom. The molecule has 0 aliphatic heterocycles. The van der Waals surface area contributed by atoms with Gasteiger partial charge in [0.05, 0.1) is 33.1 Å². The molecule has 3 aromatic rings. The predicted molar refractivity (Wildman–Crippen MR) is 130 cm³/mol. The van der Waals surface area contributed by atoms with E-state index in [1.807, 2.05) is 0 Å². The summed E-state index contributed by atoms with van der Waals surface area (Å²) >= 11 is 18.4. The van der Waals surface area contributed by atoms with E-state index in [4.69, 9.17) is 34.8 Å². The van der Waals surface area contributed by atoms with Gasteiger partial charge in [-0.25, -0.2) is 19.1 Å². The third-order valence-corrected chi connectivity index (χ3v) is 5.62. The van der Waals surface area contributed by atoms with Crippen LogP contribution in [0.15, 0.2) is 48.7 Å². The van der Waals surface area contributed by atoms with Crippen molar-refractivity contribution in [1.82, 2.24) is 9.97 Å². The molecule has 0 aliphatic carbocycles. The van der Waals surface area contributed by atoms with E-state index >= 15 is 0 Å². The van der Waals surface area contributed by atoms with Crippen LogP contribution in [0.1, 0.15) is 20.8 Å². The first-order valence-electron chi connectivity index (χ1n) is 9.79. The van der Waals surface area contributed by atoms with E-state index in [1.54, 1.807) is 20.8 Å². The maximum atomic E-state index is 13.5. The Labute approximate surface area is 205 Å². The molecule has 2 aromatic carbocycles. The number of urea groups is 1. The average Bonchev–Trinajstić information content (AvgIpc) is 2.72. The van der Waals surface area contributed by atoms with Gasteiger partial charge in [0, 0.05) is 17.3 Å². The molecule has 1 unspecified atom stereocenters. The first-order valence-corrected chi connectivity index (χ1v) is 10.9. The molecule has 1 aromatic heterocycles. The van der Waals surface area contributed by atoms with Gasteiger partial charge in [-0.2, -0.15) is 4.98 Å². The zero-order valence-corrected chi connectivity index (χ0v) is 20.2. The average molecular weight is 513 g/mol. The molecule has 3 N–H and O–H groups in total. The van der Waals surface area contributed by atoms with Crippen LogP contribution in [-0.2, 0) is 0 Å². The summed E-state index contributed by atoms with van der Waals surface area (Å²) in [6, 6.07) is 8.62. The van der Waals surface area contributed by atoms with E-state index < -0.39 is 23.5 Å². The van der Waals surface area contributed by atoms with Gasteiger partial charge < -0.3 is 15.7 Å². The van der Waals surface area contributed by atoms with E-state index in [0.717, 1.165) is 0 Å². The van der Waals surface area contributed by atoms with E-state index in [-0.39, 0.29) is 27.5 Å². The fourth-order valence-corrected chi connectivity index (χ4v) is 3.59. The van der Waals surface area contributed by atoms with Crippen LogP contribution in [0.2, 0.25) is 15.1 Å². The van der Waals surface area contributed by atoms with Gasteiger partial charge in [0.1, 0.15) is 11.6 Å². The quantitative estimate of drug-likeness (QED) is 0.350. The molecule has 2 amide bonds. The first-order chi connectivity index (χ1) is 15.5. The van der Waals surface area contributed by atoms with Crippen molar-refractivity contribution in [3.8, 4) is 0 Å². The molecule has 0 fully saturated rings. The first kappa shape index (κ1) is 25.0. The largest absolute Gasteiger partial charge is 0.388 e. The fraction of sp³-hybridized carbons (Fsp3) is 0.227. The number of halogens is 4. The summed E-state index contributed by atoms with van der Waals surface area (Å²) < 4.78 is 13.5. The number of aliphatic hydroxyl groups is 1. The molecule has 0 saturated carbocycles. The summed E-state index contributed by atoms with van der Waals surface area (Å²) in [4.78, 5) is 23.1. The number of amides is 2. The summed E-state index contributed by atoms with van der Waals surface area (Å²) in [6.07, 6.45) is 1.45. The summed E-state index contributed by atoms with van der Waals surface area (Å²) in [5.41, 5.74) is -0.562. The molecule has 0 bridgehead atoms. The summed E-state index contributed by atoms with van der Waals surface area (Å²) in [5.74, 6) is -0.0997. The molecular formula is C22H21Cl3FN5O2. The Hall–Kier alpha value is -2.65. The van der Waals surface area contributed by atoms with Crippen LogP contribution in [0.3, 0.4) is 0 Å². The SMILES string of the molecule is CC(Nc1nccc(N(C(=O)Nc2c(Cl)cc(Cl)cc2Cl)c2ccc(F)cc2)n1)C(C)(C)O. The van der Waals surface area contributed by atoms with Crippen LogP contribution in [0.5, 0.6) is 0 Å². The van der Waals surface area contributed by atoms with E-state index in [0.29, 0.717) is 10.7 Å². The summed E-state index contributed by atoms with van der Waals surface area (Å²) in [5, 5.41) is 16.4. The van der Waals surface area contributed by atoms with Gasteiger partial charge in [-0.3, -0.25) is 0 Å². The van der Waals surface area contributed by atoms with Gasteiger partial charge >= 0.3 is 6.03 Å². The van der Waals surface area contributed by atoms with Crippen LogP contribution < -0.4 is 15.5 Å². The third kappa shape index (κ3) is 6.23. The van der Waals surface area contributed by atoms with Gasteiger partial charge in [0.25, 0.3) is 0 Å². The molecule has 0 radical (unpaired) electrons. The lowest BCUT2D eigenvalue weighted by Crippen LogP contribution is -2.40. The number of carbonyl (C=O) groups is 1. The van der Waals surface area contributed by atoms with Crippen molar-refractivity contribution in [3.05, 3.63) is 69.5 Å². The molecule has 0 aliphatic rings. The highest BCUT2D eigenvalue weighted by Crippen LogP contribution is 2.35. The minimum absolute atomic E-state index is 0.143. The lowest BCUT2D eigenvalue weighted by molar-refractivity contribution is 0.0646. The highest BCUT2D eigenvalue weighted by molar-refractivity contribution is 6.42. The molecule has 1 heterocycles. The van der Waals surface area contributed by atoms with Gasteiger partial charge in [-0.05, 0) is 57.2 Å². The Kier molecular flexibility index (Phi) is 7.64. The predicted octanol–water partition coefficient (Wildman–Crippen LogP) is 6.52. The van der Waals surface area contributed by atoms with Crippen LogP contribution in [0.4, 0.5) is 32.3 Å². The maximum absolute atomic E-state index is 13.5. The van der Waals surface area contributed by atoms with E-state index in [2.05, 4.69) is 20.6 Å². The van der Waals surface area contributed by atoms with E-state index in [9.17, 15) is 14.3 Å². The number of anilines is 4. The van der Waals surface area contributed by atoms with Gasteiger partial charge in [-0.1, -0.05) is 34.8 Å². The van der Waals surface area contributed by atoms with Crippen molar-refractivity contribution >= 4 is 64.0 Å². The Morgan fingerprint density at radius 1 is 1.12 bits per heavy atom. The highest BCUT2D eigenvalue weighted by atomic mass is 35.5. The highest BCUT2D eigenvalue weighted by Gasteiger charge is 2.25. The standard InChI is InChI=1S/C22H21Cl3FN5O2/c1-12(22(2,3)33)28-20-27-9-8-18(29-20)31(15-6-4-14(26)5-7-15)21(32)30-19-16(24)10-13(23)11-17(19)25/h4-12,33H,1-3H3,(H,30,32)(H,27,28,29). The molecular weight excluding hydrogens is 492 g/mol. The van der Waals surface area contributed by atoms with Crippen LogP contribution in [-0.4, -0.2) is 32.7 Å². The molecule has 0 saturated heterocycles. The second-order valence-electron chi connectivity index (χ2n) is 7.74. The van der Waals surface area contributed by atoms with Gasteiger partial charge in [0.2, 0.25) is 5.95 Å². The van der Waals surface area contributed by atoms with Crippen molar-refractivity contribution < 1.29 is 14.3 Å². The summed E-state index contributed by atoms with van der Waals surface area (Å²) in [6.45, 7) is 5.06. The van der Waals surface area contributed by atoms with E-state index in [1.165, 1.54) is 53.6 Å². The minimum atomic E-state index is -1.05. The van der Waals surface area contributed by atoms with Gasteiger partial charge in [0.15, 0.2) is 0 Å². The molecule has 33 heavy (non-hydrogen) atoms. The Morgan fingerprint density at radius 2 is 1.73 bits per heavy atom. The van der Waals surface area contributed by atoms with Crippen molar-refractivity contribution in [2.75, 3.05) is 15.5 Å². The normalized spacial score (nSPS) is 12.2. The zero-order chi connectivity index (χ0) is 24.3. The number of hydrogen-bond acceptors (Lipinski definition) is 5. The molecule has 3 rings (SSSR count). The number of carbonyl (C=O) groups excluding carboxylic acids is 1. The van der Waals surface area contributed by atoms with Crippen molar-refractivity contribution in [1.29, 1.82) is 0 Å². The van der Waals surface area contributed by atoms with Gasteiger partial charge in [-0.15, -0.1) is 0 Å². The smallest absolute Gasteiger partial charge is 0.332 e. The number of rotatable bonds is 6. The van der Waals surface area contributed by atoms with Crippen LogP contribution in [0, 0.1) is 5.82 Å². The molecule has 174 valence electrons. The number of nitrogens with zero attached hydrogens (tertiary/aromatic N) is 3. The molecule has 7 nitrogen and oxygen atoms in total. The lowest BCUT2D eigenvalue weighted by atomic mass is 10.0. The molecule has 0 spiro atoms. The van der Waals surface area contributed by atoms with Crippen molar-refractivity contribution in [3.63, 3.8) is 0 Å². The number of hydrogen-bond donors (Lipinski definition) is 3. The number of benzene rings is 2. The second-order valence-corrected chi connectivity index (χ2v) is 9.00. The second kappa shape index (κ2) is 10.1. The van der Waals surface area contributed by atoms with Crippen LogP contribution >= 0.6 is 34.8 Å². The zero-order valence-electron chi connectivity index (χ0n) is 17.9. The third-order valence-electron chi connectivity index (χ3n) is 4.80. The monoisotopic (exact) mass is 511 g/mol. The Balaban J connectivity index is 2.00. The van der Waals surface area contributed by atoms with Crippen molar-refractivity contribution in [2.24, 2.45) is 0 Å². The number of aromatic nitrogens is 2. The fourth-order valence-electron chi connectivity index (χ4n) is 2.68. The van der Waals surface area contributed by atoms with Crippen molar-refractivity contribution in [2.45, 2.75) is 32.4 Å².